The largest absolute Gasteiger partial charge is 0.393 e. The molecule has 2 amide bonds. The molecule has 0 heterocycles. The molecule has 4 aliphatic rings. The van der Waals surface area contributed by atoms with Gasteiger partial charge in [-0.15, -0.1) is 0 Å². The number of primary amides is 1. The van der Waals surface area contributed by atoms with Crippen LogP contribution in [0, 0.1) is 46.3 Å². The van der Waals surface area contributed by atoms with Crippen LogP contribution in [0.2, 0.25) is 0 Å². The molecule has 5 N–H and O–H groups in total. The zero-order valence-corrected chi connectivity index (χ0v) is 22.8. The van der Waals surface area contributed by atoms with Crippen molar-refractivity contribution < 1.29 is 19.8 Å². The summed E-state index contributed by atoms with van der Waals surface area (Å²) in [4.78, 5) is 23.9. The van der Waals surface area contributed by atoms with Crippen molar-refractivity contribution >= 4 is 17.5 Å². The number of rotatable bonds is 6. The maximum atomic E-state index is 12.7. The molecule has 6 nitrogen and oxygen atoms in total. The zero-order valence-electron chi connectivity index (χ0n) is 22.8. The number of carbonyl (C=O) groups is 2. The standard InChI is InChI=1S/C31H46N2O4/c1-18(4-11-27(36)33-21-7-5-19(6-8-21)29(32)37)23-9-10-24-28-25(13-15-31(23,24)3)30(2)14-12-22(34)16-20(30)17-26(28)35/h5-8,18,20,22-26,28,34-35H,4,9-17H2,1-3H3,(H2,32,37)(H,33,36)/t18-,20+,22-,23-,24+,25+,26+,28+,30+,31-/m1/s1. The van der Waals surface area contributed by atoms with E-state index in [1.165, 1.54) is 25.7 Å². The lowest BCUT2D eigenvalue weighted by Crippen LogP contribution is -2.58. The maximum Gasteiger partial charge on any atom is 0.248 e. The van der Waals surface area contributed by atoms with Crippen LogP contribution in [-0.4, -0.2) is 34.2 Å². The first-order valence-corrected chi connectivity index (χ1v) is 14.6. The Hall–Kier alpha value is -1.92. The van der Waals surface area contributed by atoms with Gasteiger partial charge in [0, 0.05) is 17.7 Å². The average Bonchev–Trinajstić information content (AvgIpc) is 3.21. The summed E-state index contributed by atoms with van der Waals surface area (Å²) in [5.74, 6) is 2.48. The van der Waals surface area contributed by atoms with E-state index in [9.17, 15) is 19.8 Å². The minimum atomic E-state index is -0.476. The lowest BCUT2D eigenvalue weighted by atomic mass is 9.43. The van der Waals surface area contributed by atoms with Gasteiger partial charge in [-0.05, 0) is 128 Å². The Kier molecular flexibility index (Phi) is 7.21. The monoisotopic (exact) mass is 510 g/mol. The van der Waals surface area contributed by atoms with Gasteiger partial charge in [0.05, 0.1) is 12.2 Å². The van der Waals surface area contributed by atoms with Crippen molar-refractivity contribution in [2.45, 2.75) is 97.2 Å². The van der Waals surface area contributed by atoms with Crippen molar-refractivity contribution in [3.05, 3.63) is 29.8 Å². The summed E-state index contributed by atoms with van der Waals surface area (Å²) in [5, 5.41) is 24.7. The molecule has 10 atom stereocenters. The molecule has 0 saturated heterocycles. The van der Waals surface area contributed by atoms with E-state index in [0.29, 0.717) is 53.2 Å². The Morgan fingerprint density at radius 3 is 2.38 bits per heavy atom. The van der Waals surface area contributed by atoms with Crippen molar-refractivity contribution in [1.29, 1.82) is 0 Å². The highest BCUT2D eigenvalue weighted by Gasteiger charge is 2.62. The van der Waals surface area contributed by atoms with Crippen molar-refractivity contribution in [1.82, 2.24) is 0 Å². The van der Waals surface area contributed by atoms with Gasteiger partial charge in [-0.2, -0.15) is 0 Å². The van der Waals surface area contributed by atoms with Gasteiger partial charge in [0.15, 0.2) is 0 Å². The maximum absolute atomic E-state index is 12.7. The van der Waals surface area contributed by atoms with Crippen LogP contribution in [0.3, 0.4) is 0 Å². The number of aliphatic hydroxyl groups excluding tert-OH is 2. The normalized spacial score (nSPS) is 41.7. The van der Waals surface area contributed by atoms with Crippen LogP contribution in [0.5, 0.6) is 0 Å². The molecule has 0 radical (unpaired) electrons. The fourth-order valence-electron chi connectivity index (χ4n) is 9.68. The van der Waals surface area contributed by atoms with Crippen LogP contribution in [0.15, 0.2) is 24.3 Å². The number of hydrogen-bond acceptors (Lipinski definition) is 4. The molecule has 4 saturated carbocycles. The highest BCUT2D eigenvalue weighted by Crippen LogP contribution is 2.68. The molecule has 1 aromatic carbocycles. The molecule has 4 aliphatic carbocycles. The molecule has 0 bridgehead atoms. The number of nitrogens with one attached hydrogen (secondary N) is 1. The lowest BCUT2D eigenvalue weighted by Gasteiger charge is -2.62. The van der Waals surface area contributed by atoms with Crippen molar-refractivity contribution in [3.8, 4) is 0 Å². The topological polar surface area (TPSA) is 113 Å². The minimum Gasteiger partial charge on any atom is -0.393 e. The van der Waals surface area contributed by atoms with Crippen molar-refractivity contribution in [2.24, 2.45) is 52.1 Å². The fraction of sp³-hybridized carbons (Fsp3) is 0.742. The molecular weight excluding hydrogens is 464 g/mol. The predicted octanol–water partition coefficient (Wildman–Crippen LogP) is 5.13. The van der Waals surface area contributed by atoms with Crippen molar-refractivity contribution in [2.75, 3.05) is 5.32 Å². The van der Waals surface area contributed by atoms with Gasteiger partial charge in [-0.1, -0.05) is 20.8 Å². The van der Waals surface area contributed by atoms with Crippen LogP contribution < -0.4 is 11.1 Å². The Balaban J connectivity index is 1.21. The zero-order chi connectivity index (χ0) is 26.5. The number of nitrogens with two attached hydrogens (primary N) is 1. The number of amides is 2. The highest BCUT2D eigenvalue weighted by molar-refractivity contribution is 5.94. The van der Waals surface area contributed by atoms with Crippen LogP contribution in [0.4, 0.5) is 5.69 Å². The molecular formula is C31H46N2O4. The molecule has 204 valence electrons. The Morgan fingerprint density at radius 2 is 1.68 bits per heavy atom. The van der Waals surface area contributed by atoms with Crippen LogP contribution in [-0.2, 0) is 4.79 Å². The molecule has 0 spiro atoms. The third-order valence-corrected chi connectivity index (χ3v) is 11.7. The minimum absolute atomic E-state index is 0.00300. The summed E-state index contributed by atoms with van der Waals surface area (Å²) in [6.45, 7) is 7.26. The molecule has 5 rings (SSSR count). The molecule has 37 heavy (non-hydrogen) atoms. The summed E-state index contributed by atoms with van der Waals surface area (Å²) in [5.41, 5.74) is 6.88. The highest BCUT2D eigenvalue weighted by atomic mass is 16.3. The molecule has 0 aliphatic heterocycles. The van der Waals surface area contributed by atoms with Gasteiger partial charge in [-0.25, -0.2) is 0 Å². The molecule has 0 unspecified atom stereocenters. The van der Waals surface area contributed by atoms with E-state index in [0.717, 1.165) is 32.1 Å². The third kappa shape index (κ3) is 4.73. The van der Waals surface area contributed by atoms with E-state index in [-0.39, 0.29) is 28.9 Å². The second-order valence-electron chi connectivity index (χ2n) is 13.5. The SMILES string of the molecule is C[C@H](CCC(=O)Nc1ccc(C(N)=O)cc1)[C@H]1CC[C@H]2[C@@H]3[C@@H](O)C[C@@H]4C[C@H](O)CC[C@]4(C)[C@H]3CC[C@]12C. The molecule has 6 heteroatoms. The number of carbonyl (C=O) groups excluding carboxylic acids is 2. The smallest absolute Gasteiger partial charge is 0.248 e. The van der Waals surface area contributed by atoms with E-state index in [1.54, 1.807) is 24.3 Å². The first-order valence-electron chi connectivity index (χ1n) is 14.6. The van der Waals surface area contributed by atoms with Gasteiger partial charge < -0.3 is 21.3 Å². The van der Waals surface area contributed by atoms with Gasteiger partial charge in [0.1, 0.15) is 0 Å². The van der Waals surface area contributed by atoms with Gasteiger partial charge in [0.25, 0.3) is 0 Å². The first kappa shape index (κ1) is 26.7. The summed E-state index contributed by atoms with van der Waals surface area (Å²) >= 11 is 0. The van der Waals surface area contributed by atoms with E-state index >= 15 is 0 Å². The number of benzene rings is 1. The van der Waals surface area contributed by atoms with E-state index < -0.39 is 5.91 Å². The number of anilines is 1. The Bertz CT molecular complexity index is 1010. The van der Waals surface area contributed by atoms with E-state index in [2.05, 4.69) is 26.1 Å². The van der Waals surface area contributed by atoms with Crippen LogP contribution in [0.25, 0.3) is 0 Å². The van der Waals surface area contributed by atoms with E-state index in [4.69, 9.17) is 5.73 Å². The van der Waals surface area contributed by atoms with E-state index in [1.807, 2.05) is 0 Å². The Morgan fingerprint density at radius 1 is 1.00 bits per heavy atom. The second kappa shape index (κ2) is 10.00. The summed E-state index contributed by atoms with van der Waals surface area (Å²) in [7, 11) is 0. The quantitative estimate of drug-likeness (QED) is 0.425. The summed E-state index contributed by atoms with van der Waals surface area (Å²) in [6.07, 6.45) is 9.36. The van der Waals surface area contributed by atoms with Gasteiger partial charge in [0.2, 0.25) is 11.8 Å². The first-order chi connectivity index (χ1) is 17.5. The third-order valence-electron chi connectivity index (χ3n) is 11.7. The van der Waals surface area contributed by atoms with Gasteiger partial charge >= 0.3 is 0 Å². The predicted molar refractivity (Wildman–Crippen MR) is 145 cm³/mol. The molecule has 4 fully saturated rings. The van der Waals surface area contributed by atoms with Crippen molar-refractivity contribution in [3.63, 3.8) is 0 Å². The number of aliphatic hydroxyl groups is 2. The number of hydrogen-bond donors (Lipinski definition) is 4. The molecule has 1 aromatic rings. The summed E-state index contributed by atoms with van der Waals surface area (Å²) in [6, 6.07) is 6.70. The summed E-state index contributed by atoms with van der Waals surface area (Å²) < 4.78 is 0. The van der Waals surface area contributed by atoms with Crippen LogP contribution >= 0.6 is 0 Å². The fourth-order valence-corrected chi connectivity index (χ4v) is 9.68. The second-order valence-corrected chi connectivity index (χ2v) is 13.5. The average molecular weight is 511 g/mol. The number of fused-ring (bicyclic) bond motifs is 5. The van der Waals surface area contributed by atoms with Crippen LogP contribution in [0.1, 0.15) is 95.3 Å². The van der Waals surface area contributed by atoms with Gasteiger partial charge in [-0.3, -0.25) is 9.59 Å². The Labute approximate surface area is 221 Å². The molecule has 0 aromatic heterocycles. The lowest BCUT2D eigenvalue weighted by molar-refractivity contribution is -0.174.